The summed E-state index contributed by atoms with van der Waals surface area (Å²) in [5.74, 6) is -0.377. The van der Waals surface area contributed by atoms with Gasteiger partial charge in [-0.05, 0) is 23.6 Å². The highest BCUT2D eigenvalue weighted by Gasteiger charge is 2.06. The Hall–Kier alpha value is -1.83. The first-order valence-corrected chi connectivity index (χ1v) is 4.53. The van der Waals surface area contributed by atoms with Crippen molar-refractivity contribution in [2.45, 2.75) is 6.42 Å². The summed E-state index contributed by atoms with van der Waals surface area (Å²) in [6, 6.07) is 8.00. The quantitative estimate of drug-likeness (QED) is 0.710. The van der Waals surface area contributed by atoms with E-state index in [1.807, 2.05) is 30.4 Å². The molecule has 14 heavy (non-hydrogen) atoms. The Kier molecular flexibility index (Phi) is 2.19. The monoisotopic (exact) mass is 185 g/mol. The maximum Gasteiger partial charge on any atom is 0.248 e. The van der Waals surface area contributed by atoms with E-state index in [1.54, 1.807) is 6.08 Å². The summed E-state index contributed by atoms with van der Waals surface area (Å²) in [6.45, 7) is 0. The second kappa shape index (κ2) is 3.50. The lowest BCUT2D eigenvalue weighted by molar-refractivity contribution is -0.114. The van der Waals surface area contributed by atoms with Crippen LogP contribution in [-0.2, 0) is 11.2 Å². The van der Waals surface area contributed by atoms with Gasteiger partial charge >= 0.3 is 0 Å². The molecule has 0 spiro atoms. The molecule has 0 aromatic heterocycles. The molecule has 0 saturated carbocycles. The van der Waals surface area contributed by atoms with Crippen LogP contribution in [0, 0.1) is 0 Å². The topological polar surface area (TPSA) is 43.1 Å². The van der Waals surface area contributed by atoms with Crippen LogP contribution in [-0.4, -0.2) is 5.91 Å². The molecule has 1 amide bonds. The number of carbonyl (C=O) groups is 1. The van der Waals surface area contributed by atoms with Crippen LogP contribution >= 0.6 is 0 Å². The van der Waals surface area contributed by atoms with Crippen LogP contribution < -0.4 is 5.73 Å². The van der Waals surface area contributed by atoms with Crippen LogP contribution in [0.4, 0.5) is 0 Å². The van der Waals surface area contributed by atoms with E-state index in [-0.39, 0.29) is 5.91 Å². The van der Waals surface area contributed by atoms with Crippen LogP contribution in [0.5, 0.6) is 0 Å². The van der Waals surface area contributed by atoms with Gasteiger partial charge in [-0.25, -0.2) is 0 Å². The van der Waals surface area contributed by atoms with Crippen molar-refractivity contribution in [2.75, 3.05) is 0 Å². The summed E-state index contributed by atoms with van der Waals surface area (Å²) in [4.78, 5) is 11.0. The molecule has 70 valence electrons. The number of hydrogen-bond acceptors (Lipinski definition) is 1. The van der Waals surface area contributed by atoms with E-state index >= 15 is 0 Å². The van der Waals surface area contributed by atoms with Gasteiger partial charge in [-0.3, -0.25) is 4.79 Å². The number of fused-ring (bicyclic) bond motifs is 1. The summed E-state index contributed by atoms with van der Waals surface area (Å²) < 4.78 is 0. The Balaban J connectivity index is 2.51. The highest BCUT2D eigenvalue weighted by atomic mass is 16.1. The molecule has 0 bridgehead atoms. The number of carbonyl (C=O) groups excluding carboxylic acids is 1. The first-order chi connectivity index (χ1) is 6.77. The zero-order valence-electron chi connectivity index (χ0n) is 7.73. The van der Waals surface area contributed by atoms with Crippen molar-refractivity contribution in [1.82, 2.24) is 0 Å². The fourth-order valence-corrected chi connectivity index (χ4v) is 1.54. The second-order valence-electron chi connectivity index (χ2n) is 3.27. The first-order valence-electron chi connectivity index (χ1n) is 4.53. The highest BCUT2D eigenvalue weighted by Crippen LogP contribution is 2.18. The normalized spacial score (nSPS) is 14.1. The first kappa shape index (κ1) is 8.75. The number of allylic oxidation sites excluding steroid dienone is 1. The summed E-state index contributed by atoms with van der Waals surface area (Å²) in [5.41, 5.74) is 8.10. The van der Waals surface area contributed by atoms with Gasteiger partial charge in [0, 0.05) is 5.57 Å². The zero-order chi connectivity index (χ0) is 9.97. The number of hydrogen-bond donors (Lipinski definition) is 1. The third-order valence-corrected chi connectivity index (χ3v) is 2.29. The van der Waals surface area contributed by atoms with Gasteiger partial charge in [-0.15, -0.1) is 0 Å². The van der Waals surface area contributed by atoms with Crippen LogP contribution in [0.2, 0.25) is 0 Å². The lowest BCUT2D eigenvalue weighted by Crippen LogP contribution is -2.11. The van der Waals surface area contributed by atoms with Crippen LogP contribution in [0.25, 0.3) is 6.08 Å². The minimum absolute atomic E-state index is 0.377. The molecule has 0 atom stereocenters. The molecule has 1 aromatic rings. The van der Waals surface area contributed by atoms with Crippen molar-refractivity contribution in [3.05, 3.63) is 53.1 Å². The molecular formula is C12H11NO. The predicted molar refractivity (Wildman–Crippen MR) is 56.5 cm³/mol. The van der Waals surface area contributed by atoms with Crippen molar-refractivity contribution < 1.29 is 4.79 Å². The molecule has 0 radical (unpaired) electrons. The molecule has 1 aliphatic carbocycles. The van der Waals surface area contributed by atoms with Crippen LogP contribution in [0.15, 0.2) is 42.0 Å². The Bertz CT molecular complexity index is 430. The van der Waals surface area contributed by atoms with Crippen molar-refractivity contribution in [3.63, 3.8) is 0 Å². The Morgan fingerprint density at radius 3 is 2.86 bits per heavy atom. The van der Waals surface area contributed by atoms with Crippen LogP contribution in [0.3, 0.4) is 0 Å². The van der Waals surface area contributed by atoms with Gasteiger partial charge in [0.2, 0.25) is 5.91 Å². The van der Waals surface area contributed by atoms with E-state index < -0.39 is 0 Å². The van der Waals surface area contributed by atoms with Gasteiger partial charge in [-0.1, -0.05) is 36.4 Å². The Labute approximate surface area is 82.7 Å². The number of benzene rings is 1. The average molecular weight is 185 g/mol. The van der Waals surface area contributed by atoms with E-state index in [1.165, 1.54) is 5.56 Å². The molecule has 2 N–H and O–H groups in total. The zero-order valence-corrected chi connectivity index (χ0v) is 7.73. The maximum absolute atomic E-state index is 11.0. The number of amides is 1. The largest absolute Gasteiger partial charge is 0.366 e. The minimum atomic E-state index is -0.377. The smallest absolute Gasteiger partial charge is 0.248 e. The van der Waals surface area contributed by atoms with Crippen molar-refractivity contribution >= 4 is 12.0 Å². The molecule has 2 nitrogen and oxygen atoms in total. The maximum atomic E-state index is 11.0. The molecule has 0 heterocycles. The molecule has 0 unspecified atom stereocenters. The lowest BCUT2D eigenvalue weighted by Gasteiger charge is -2.00. The van der Waals surface area contributed by atoms with Gasteiger partial charge in [0.25, 0.3) is 0 Å². The lowest BCUT2D eigenvalue weighted by atomic mass is 10.0. The van der Waals surface area contributed by atoms with Gasteiger partial charge in [-0.2, -0.15) is 0 Å². The Morgan fingerprint density at radius 2 is 2.07 bits per heavy atom. The molecule has 2 rings (SSSR count). The van der Waals surface area contributed by atoms with Crippen molar-refractivity contribution in [1.29, 1.82) is 0 Å². The van der Waals surface area contributed by atoms with E-state index in [0.29, 0.717) is 5.57 Å². The van der Waals surface area contributed by atoms with Crippen LogP contribution in [0.1, 0.15) is 11.1 Å². The van der Waals surface area contributed by atoms with Crippen molar-refractivity contribution in [3.8, 4) is 0 Å². The predicted octanol–water partition coefficient (Wildman–Crippen LogP) is 1.67. The van der Waals surface area contributed by atoms with Gasteiger partial charge < -0.3 is 5.73 Å². The van der Waals surface area contributed by atoms with E-state index in [2.05, 4.69) is 6.07 Å². The van der Waals surface area contributed by atoms with E-state index in [4.69, 9.17) is 5.73 Å². The molecule has 0 fully saturated rings. The van der Waals surface area contributed by atoms with Crippen molar-refractivity contribution in [2.24, 2.45) is 5.73 Å². The van der Waals surface area contributed by atoms with Gasteiger partial charge in [0.05, 0.1) is 0 Å². The summed E-state index contributed by atoms with van der Waals surface area (Å²) in [6.07, 6.45) is 6.43. The standard InChI is InChI=1S/C12H11NO/c13-12(14)11-7-3-6-9-4-1-2-5-10(9)8-11/h1-5,7-8H,6H2,(H2,13,14). The minimum Gasteiger partial charge on any atom is -0.366 e. The summed E-state index contributed by atoms with van der Waals surface area (Å²) in [7, 11) is 0. The molecule has 0 saturated heterocycles. The average Bonchev–Trinajstić information content (AvgIpc) is 2.39. The van der Waals surface area contributed by atoms with E-state index in [0.717, 1.165) is 12.0 Å². The third kappa shape index (κ3) is 1.59. The third-order valence-electron chi connectivity index (χ3n) is 2.29. The summed E-state index contributed by atoms with van der Waals surface area (Å²) >= 11 is 0. The number of primary amides is 1. The van der Waals surface area contributed by atoms with E-state index in [9.17, 15) is 4.79 Å². The summed E-state index contributed by atoms with van der Waals surface area (Å²) in [5, 5.41) is 0. The fourth-order valence-electron chi connectivity index (χ4n) is 1.54. The molecule has 1 aromatic carbocycles. The highest BCUT2D eigenvalue weighted by molar-refractivity contribution is 5.99. The van der Waals surface area contributed by atoms with Gasteiger partial charge in [0.1, 0.15) is 0 Å². The molecule has 1 aliphatic rings. The molecule has 2 heteroatoms. The molecule has 0 aliphatic heterocycles. The number of rotatable bonds is 1. The second-order valence-corrected chi connectivity index (χ2v) is 3.27. The van der Waals surface area contributed by atoms with Gasteiger partial charge in [0.15, 0.2) is 0 Å². The SMILES string of the molecule is NC(=O)C1=Cc2ccccc2CC=C1. The fraction of sp³-hybridized carbons (Fsp3) is 0.0833. The number of nitrogens with two attached hydrogens (primary N) is 1. The Morgan fingerprint density at radius 1 is 1.29 bits per heavy atom. The molecular weight excluding hydrogens is 174 g/mol.